The Morgan fingerprint density at radius 2 is 1.85 bits per heavy atom. The number of carbonyl (C=O) groups is 1. The molecule has 0 atom stereocenters. The molecular weight excluding hydrogens is 250 g/mol. The van der Waals surface area contributed by atoms with Crippen LogP contribution < -0.4 is 0 Å². The van der Waals surface area contributed by atoms with E-state index in [0.29, 0.717) is 6.42 Å². The van der Waals surface area contributed by atoms with Crippen LogP contribution in [0.1, 0.15) is 23.4 Å². The Balaban J connectivity index is 2.24. The van der Waals surface area contributed by atoms with Crippen molar-refractivity contribution in [2.24, 2.45) is 0 Å². The average molecular weight is 271 g/mol. The van der Waals surface area contributed by atoms with Crippen molar-refractivity contribution in [1.82, 2.24) is 14.7 Å². The maximum Gasteiger partial charge on any atom is 0.222 e. The zero-order valence-corrected chi connectivity index (χ0v) is 12.6. The molecule has 1 aromatic heterocycles. The van der Waals surface area contributed by atoms with Crippen LogP contribution in [0, 0.1) is 13.8 Å². The van der Waals surface area contributed by atoms with Gasteiger partial charge in [-0.05, 0) is 38.0 Å². The predicted molar refractivity (Wildman–Crippen MR) is 80.1 cm³/mol. The third-order valence-corrected chi connectivity index (χ3v) is 3.53. The lowest BCUT2D eigenvalue weighted by atomic mass is 10.1. The number of aromatic nitrogens is 2. The van der Waals surface area contributed by atoms with E-state index in [9.17, 15) is 4.79 Å². The van der Waals surface area contributed by atoms with Crippen molar-refractivity contribution >= 4 is 5.91 Å². The smallest absolute Gasteiger partial charge is 0.222 e. The van der Waals surface area contributed by atoms with E-state index < -0.39 is 0 Å². The van der Waals surface area contributed by atoms with Gasteiger partial charge in [-0.25, -0.2) is 4.68 Å². The number of rotatable bonds is 4. The van der Waals surface area contributed by atoms with Crippen LogP contribution in [-0.4, -0.2) is 34.7 Å². The molecule has 4 heteroatoms. The summed E-state index contributed by atoms with van der Waals surface area (Å²) < 4.78 is 1.95. The summed E-state index contributed by atoms with van der Waals surface area (Å²) in [7, 11) is 3.57. The third kappa shape index (κ3) is 2.90. The average Bonchev–Trinajstić information content (AvgIpc) is 2.72. The van der Waals surface area contributed by atoms with Gasteiger partial charge in [-0.3, -0.25) is 4.79 Å². The largest absolute Gasteiger partial charge is 0.349 e. The lowest BCUT2D eigenvalue weighted by Crippen LogP contribution is -2.21. The van der Waals surface area contributed by atoms with Crippen molar-refractivity contribution in [2.75, 3.05) is 14.1 Å². The number of nitrogens with zero attached hydrogens (tertiary/aromatic N) is 3. The zero-order chi connectivity index (χ0) is 14.7. The number of carbonyl (C=O) groups excluding carboxylic acids is 1. The number of aryl methyl sites for hydroxylation is 1. The van der Waals surface area contributed by atoms with Gasteiger partial charge in [-0.1, -0.05) is 18.2 Å². The first-order valence-electron chi connectivity index (χ1n) is 6.81. The van der Waals surface area contributed by atoms with Crippen molar-refractivity contribution in [3.63, 3.8) is 0 Å². The van der Waals surface area contributed by atoms with Gasteiger partial charge in [-0.2, -0.15) is 5.10 Å². The number of amides is 1. The van der Waals surface area contributed by atoms with Crippen LogP contribution in [-0.2, 0) is 11.2 Å². The molecule has 0 unspecified atom stereocenters. The quantitative estimate of drug-likeness (QED) is 0.857. The first-order valence-corrected chi connectivity index (χ1v) is 6.81. The summed E-state index contributed by atoms with van der Waals surface area (Å²) in [4.78, 5) is 13.3. The van der Waals surface area contributed by atoms with E-state index in [2.05, 4.69) is 12.0 Å². The lowest BCUT2D eigenvalue weighted by molar-refractivity contribution is -0.128. The van der Waals surface area contributed by atoms with E-state index in [0.717, 1.165) is 23.5 Å². The fourth-order valence-corrected chi connectivity index (χ4v) is 2.31. The van der Waals surface area contributed by atoms with E-state index >= 15 is 0 Å². The topological polar surface area (TPSA) is 38.1 Å². The van der Waals surface area contributed by atoms with Crippen LogP contribution in [0.25, 0.3) is 5.69 Å². The van der Waals surface area contributed by atoms with Crippen LogP contribution in [0.15, 0.2) is 30.3 Å². The lowest BCUT2D eigenvalue weighted by Gasteiger charge is -2.10. The van der Waals surface area contributed by atoms with Gasteiger partial charge in [0, 0.05) is 26.2 Å². The summed E-state index contributed by atoms with van der Waals surface area (Å²) in [5.41, 5.74) is 4.33. The van der Waals surface area contributed by atoms with Crippen LogP contribution in [0.2, 0.25) is 0 Å². The van der Waals surface area contributed by atoms with Crippen LogP contribution in [0.5, 0.6) is 0 Å². The minimum absolute atomic E-state index is 0.149. The van der Waals surface area contributed by atoms with Gasteiger partial charge in [0.15, 0.2) is 0 Å². The highest BCUT2D eigenvalue weighted by Crippen LogP contribution is 2.19. The second kappa shape index (κ2) is 5.90. The maximum atomic E-state index is 11.7. The monoisotopic (exact) mass is 271 g/mol. The molecule has 2 aromatic rings. The second-order valence-corrected chi connectivity index (χ2v) is 5.18. The highest BCUT2D eigenvalue weighted by atomic mass is 16.2. The second-order valence-electron chi connectivity index (χ2n) is 5.18. The SMILES string of the molecule is Cc1nn(-c2ccccc2)c(C)c1CCC(=O)N(C)C. The van der Waals surface area contributed by atoms with Crippen LogP contribution >= 0.6 is 0 Å². The van der Waals surface area contributed by atoms with E-state index in [1.807, 2.05) is 41.9 Å². The molecule has 4 nitrogen and oxygen atoms in total. The van der Waals surface area contributed by atoms with Gasteiger partial charge in [0.05, 0.1) is 11.4 Å². The van der Waals surface area contributed by atoms with Gasteiger partial charge in [0.1, 0.15) is 0 Å². The van der Waals surface area contributed by atoms with Crippen molar-refractivity contribution in [3.8, 4) is 5.69 Å². The Kier molecular flexibility index (Phi) is 4.23. The number of hydrogen-bond acceptors (Lipinski definition) is 2. The zero-order valence-electron chi connectivity index (χ0n) is 12.6. The number of hydrogen-bond donors (Lipinski definition) is 0. The Hall–Kier alpha value is -2.10. The minimum atomic E-state index is 0.149. The molecule has 1 heterocycles. The summed E-state index contributed by atoms with van der Waals surface area (Å²) >= 11 is 0. The molecule has 1 aromatic carbocycles. The highest BCUT2D eigenvalue weighted by molar-refractivity contribution is 5.75. The fraction of sp³-hybridized carbons (Fsp3) is 0.375. The summed E-state index contributed by atoms with van der Waals surface area (Å²) in [5, 5.41) is 4.59. The Bertz CT molecular complexity index is 600. The van der Waals surface area contributed by atoms with Crippen molar-refractivity contribution in [2.45, 2.75) is 26.7 Å². The summed E-state index contributed by atoms with van der Waals surface area (Å²) in [6.07, 6.45) is 1.26. The number of para-hydroxylation sites is 1. The van der Waals surface area contributed by atoms with Crippen molar-refractivity contribution in [1.29, 1.82) is 0 Å². The Labute approximate surface area is 120 Å². The van der Waals surface area contributed by atoms with Gasteiger partial charge in [-0.15, -0.1) is 0 Å². The van der Waals surface area contributed by atoms with Gasteiger partial charge in [0.2, 0.25) is 5.91 Å². The van der Waals surface area contributed by atoms with Crippen LogP contribution in [0.4, 0.5) is 0 Å². The maximum absolute atomic E-state index is 11.7. The molecule has 0 saturated carbocycles. The van der Waals surface area contributed by atoms with Crippen molar-refractivity contribution < 1.29 is 4.79 Å². The first-order chi connectivity index (χ1) is 9.50. The molecule has 0 N–H and O–H groups in total. The normalized spacial score (nSPS) is 10.6. The molecule has 0 aliphatic rings. The molecule has 20 heavy (non-hydrogen) atoms. The highest BCUT2D eigenvalue weighted by Gasteiger charge is 2.14. The summed E-state index contributed by atoms with van der Waals surface area (Å²) in [5.74, 6) is 0.149. The molecule has 0 fully saturated rings. The molecule has 0 bridgehead atoms. The van der Waals surface area contributed by atoms with Gasteiger partial charge in [0.25, 0.3) is 0 Å². The fourth-order valence-electron chi connectivity index (χ4n) is 2.31. The molecule has 0 spiro atoms. The van der Waals surface area contributed by atoms with E-state index in [1.54, 1.807) is 19.0 Å². The number of benzene rings is 1. The molecule has 2 rings (SSSR count). The van der Waals surface area contributed by atoms with E-state index in [1.165, 1.54) is 5.56 Å². The van der Waals surface area contributed by atoms with Crippen LogP contribution in [0.3, 0.4) is 0 Å². The molecular formula is C16H21N3O. The standard InChI is InChI=1S/C16H21N3O/c1-12-15(10-11-16(20)18(3)4)13(2)19(17-12)14-8-6-5-7-9-14/h5-9H,10-11H2,1-4H3. The van der Waals surface area contributed by atoms with Crippen molar-refractivity contribution in [3.05, 3.63) is 47.3 Å². The third-order valence-electron chi connectivity index (χ3n) is 3.53. The molecule has 0 aliphatic heterocycles. The Morgan fingerprint density at radius 3 is 2.45 bits per heavy atom. The van der Waals surface area contributed by atoms with Gasteiger partial charge >= 0.3 is 0 Å². The predicted octanol–water partition coefficient (Wildman–Crippen LogP) is 2.51. The summed E-state index contributed by atoms with van der Waals surface area (Å²) in [6, 6.07) is 10.1. The first kappa shape index (κ1) is 14.3. The minimum Gasteiger partial charge on any atom is -0.349 e. The van der Waals surface area contributed by atoms with E-state index in [4.69, 9.17) is 0 Å². The molecule has 0 aliphatic carbocycles. The Morgan fingerprint density at radius 1 is 1.20 bits per heavy atom. The van der Waals surface area contributed by atoms with E-state index in [-0.39, 0.29) is 5.91 Å². The molecule has 106 valence electrons. The molecule has 1 amide bonds. The summed E-state index contributed by atoms with van der Waals surface area (Å²) in [6.45, 7) is 4.06. The van der Waals surface area contributed by atoms with Gasteiger partial charge < -0.3 is 4.90 Å². The molecule has 0 radical (unpaired) electrons. The molecule has 0 saturated heterocycles.